The van der Waals surface area contributed by atoms with Crippen molar-refractivity contribution in [3.8, 4) is 0 Å². The minimum absolute atomic E-state index is 0.0822. The molecule has 1 aliphatic heterocycles. The van der Waals surface area contributed by atoms with Gasteiger partial charge in [-0.2, -0.15) is 0 Å². The minimum Gasteiger partial charge on any atom is -0.338 e. The Kier molecular flexibility index (Phi) is 3.78. The Morgan fingerprint density at radius 1 is 1.40 bits per heavy atom. The monoisotopic (exact) mass is 287 g/mol. The third-order valence-corrected chi connectivity index (χ3v) is 4.61. The topological polar surface area (TPSA) is 46.1 Å². The number of likely N-dealkylation sites (tertiary alicyclic amines) is 1. The highest BCUT2D eigenvalue weighted by Crippen LogP contribution is 2.28. The van der Waals surface area contributed by atoms with E-state index in [9.17, 15) is 4.79 Å². The molecule has 0 N–H and O–H groups in total. The van der Waals surface area contributed by atoms with Crippen LogP contribution in [0.1, 0.15) is 39.8 Å². The summed E-state index contributed by atoms with van der Waals surface area (Å²) in [7, 11) is 0. The van der Waals surface area contributed by atoms with Crippen LogP contribution in [-0.4, -0.2) is 33.9 Å². The quantitative estimate of drug-likeness (QED) is 0.853. The molecule has 0 spiro atoms. The Bertz CT molecular complexity index is 580. The molecular formula is C15H17N3OS. The molecule has 1 amide bonds. The Labute approximate surface area is 122 Å². The summed E-state index contributed by atoms with van der Waals surface area (Å²) in [6, 6.07) is 3.74. The van der Waals surface area contributed by atoms with Crippen LogP contribution in [0.4, 0.5) is 0 Å². The molecule has 0 aromatic carbocycles. The molecule has 5 heteroatoms. The summed E-state index contributed by atoms with van der Waals surface area (Å²) in [6.07, 6.45) is 5.66. The van der Waals surface area contributed by atoms with Crippen molar-refractivity contribution in [2.45, 2.75) is 25.7 Å². The van der Waals surface area contributed by atoms with E-state index >= 15 is 0 Å². The van der Waals surface area contributed by atoms with Crippen LogP contribution in [0.2, 0.25) is 0 Å². The van der Waals surface area contributed by atoms with Crippen LogP contribution in [0, 0.1) is 6.92 Å². The van der Waals surface area contributed by atoms with Crippen molar-refractivity contribution in [2.75, 3.05) is 13.1 Å². The predicted molar refractivity (Wildman–Crippen MR) is 79.0 cm³/mol. The number of aromatic nitrogens is 2. The van der Waals surface area contributed by atoms with Crippen molar-refractivity contribution in [1.29, 1.82) is 0 Å². The summed E-state index contributed by atoms with van der Waals surface area (Å²) in [5.74, 6) is 0.463. The van der Waals surface area contributed by atoms with Gasteiger partial charge < -0.3 is 4.90 Å². The zero-order valence-electron chi connectivity index (χ0n) is 11.5. The summed E-state index contributed by atoms with van der Waals surface area (Å²) in [4.78, 5) is 23.0. The van der Waals surface area contributed by atoms with Gasteiger partial charge >= 0.3 is 0 Å². The van der Waals surface area contributed by atoms with Crippen LogP contribution in [-0.2, 0) is 0 Å². The fourth-order valence-electron chi connectivity index (χ4n) is 2.58. The first-order chi connectivity index (χ1) is 9.74. The zero-order chi connectivity index (χ0) is 13.9. The molecule has 3 heterocycles. The summed E-state index contributed by atoms with van der Waals surface area (Å²) in [5, 5.41) is 3.14. The van der Waals surface area contributed by atoms with E-state index in [1.807, 2.05) is 35.5 Å². The first-order valence-electron chi connectivity index (χ1n) is 6.85. The zero-order valence-corrected chi connectivity index (χ0v) is 12.3. The van der Waals surface area contributed by atoms with Crippen LogP contribution in [0.25, 0.3) is 0 Å². The average Bonchev–Trinajstić information content (AvgIpc) is 3.02. The maximum atomic E-state index is 12.5. The Morgan fingerprint density at radius 2 is 2.30 bits per heavy atom. The van der Waals surface area contributed by atoms with Crippen LogP contribution < -0.4 is 0 Å². The molecule has 4 nitrogen and oxygen atoms in total. The molecule has 20 heavy (non-hydrogen) atoms. The van der Waals surface area contributed by atoms with Gasteiger partial charge in [-0.1, -0.05) is 0 Å². The molecule has 1 atom stereocenters. The summed E-state index contributed by atoms with van der Waals surface area (Å²) in [6.45, 7) is 3.52. The highest BCUT2D eigenvalue weighted by Gasteiger charge is 2.26. The number of rotatable bonds is 2. The Morgan fingerprint density at radius 3 is 3.00 bits per heavy atom. The van der Waals surface area contributed by atoms with Gasteiger partial charge in [0.05, 0.1) is 10.6 Å². The molecule has 1 unspecified atom stereocenters. The van der Waals surface area contributed by atoms with E-state index in [1.165, 1.54) is 0 Å². The van der Waals surface area contributed by atoms with Gasteiger partial charge in [0.25, 0.3) is 5.91 Å². The molecule has 2 aromatic heterocycles. The largest absolute Gasteiger partial charge is 0.338 e. The molecular weight excluding hydrogens is 270 g/mol. The van der Waals surface area contributed by atoms with Crippen molar-refractivity contribution in [2.24, 2.45) is 0 Å². The van der Waals surface area contributed by atoms with Gasteiger partial charge in [0, 0.05) is 42.5 Å². The van der Waals surface area contributed by atoms with Gasteiger partial charge in [0.2, 0.25) is 0 Å². The van der Waals surface area contributed by atoms with Gasteiger partial charge in [0.1, 0.15) is 0 Å². The second-order valence-corrected chi connectivity index (χ2v) is 6.08. The first kappa shape index (κ1) is 13.2. The number of aryl methyl sites for hydroxylation is 1. The second-order valence-electron chi connectivity index (χ2n) is 5.15. The maximum Gasteiger partial charge on any atom is 0.255 e. The molecule has 0 radical (unpaired) electrons. The summed E-state index contributed by atoms with van der Waals surface area (Å²) >= 11 is 1.68. The Hall–Kier alpha value is -1.75. The molecule has 3 rings (SSSR count). The first-order valence-corrected chi connectivity index (χ1v) is 7.73. The third-order valence-electron chi connectivity index (χ3n) is 3.67. The number of nitrogens with zero attached hydrogens (tertiary/aromatic N) is 3. The van der Waals surface area contributed by atoms with Gasteiger partial charge in [-0.15, -0.1) is 11.3 Å². The highest BCUT2D eigenvalue weighted by atomic mass is 32.1. The number of carbonyl (C=O) groups excluding carboxylic acids is 1. The van der Waals surface area contributed by atoms with E-state index in [2.05, 4.69) is 9.97 Å². The van der Waals surface area contributed by atoms with Crippen molar-refractivity contribution in [1.82, 2.24) is 14.9 Å². The van der Waals surface area contributed by atoms with Crippen molar-refractivity contribution >= 4 is 17.2 Å². The Balaban J connectivity index is 1.73. The van der Waals surface area contributed by atoms with Crippen LogP contribution in [0.5, 0.6) is 0 Å². The van der Waals surface area contributed by atoms with Gasteiger partial charge in [-0.3, -0.25) is 9.78 Å². The lowest BCUT2D eigenvalue weighted by molar-refractivity contribution is 0.0706. The third kappa shape index (κ3) is 2.72. The van der Waals surface area contributed by atoms with Crippen molar-refractivity contribution in [3.63, 3.8) is 0 Å². The number of amides is 1. The van der Waals surface area contributed by atoms with Crippen LogP contribution in [0.15, 0.2) is 29.9 Å². The number of pyridine rings is 1. The lowest BCUT2D eigenvalue weighted by atomic mass is 9.98. The molecule has 1 saturated heterocycles. The molecule has 104 valence electrons. The molecule has 2 aromatic rings. The highest BCUT2D eigenvalue weighted by molar-refractivity contribution is 7.09. The van der Waals surface area contributed by atoms with Gasteiger partial charge in [-0.25, -0.2) is 4.98 Å². The molecule has 0 saturated carbocycles. The number of piperidine rings is 1. The normalized spacial score (nSPS) is 19.1. The van der Waals surface area contributed by atoms with E-state index < -0.39 is 0 Å². The fraction of sp³-hybridized carbons (Fsp3) is 0.400. The van der Waals surface area contributed by atoms with E-state index in [4.69, 9.17) is 0 Å². The minimum atomic E-state index is 0.0822. The SMILES string of the molecule is Cc1ccc(C(=O)N2CCCC(c3nccs3)C2)cn1. The van der Waals surface area contributed by atoms with Crippen LogP contribution >= 0.6 is 11.3 Å². The van der Waals surface area contributed by atoms with E-state index in [0.29, 0.717) is 11.5 Å². The number of carbonyl (C=O) groups is 1. The molecule has 0 bridgehead atoms. The average molecular weight is 287 g/mol. The number of thiazole rings is 1. The van der Waals surface area contributed by atoms with Crippen LogP contribution in [0.3, 0.4) is 0 Å². The smallest absolute Gasteiger partial charge is 0.255 e. The van der Waals surface area contributed by atoms with Crippen molar-refractivity contribution in [3.05, 3.63) is 46.2 Å². The standard InChI is InChI=1S/C15H17N3OS/c1-11-4-5-12(9-17-11)15(19)18-7-2-3-13(10-18)14-16-6-8-20-14/h4-6,8-9,13H,2-3,7,10H2,1H3. The van der Waals surface area contributed by atoms with Gasteiger partial charge in [-0.05, 0) is 31.9 Å². The molecule has 1 fully saturated rings. The number of hydrogen-bond donors (Lipinski definition) is 0. The summed E-state index contributed by atoms with van der Waals surface area (Å²) < 4.78 is 0. The van der Waals surface area contributed by atoms with Crippen molar-refractivity contribution < 1.29 is 4.79 Å². The van der Waals surface area contributed by atoms with E-state index in [0.717, 1.165) is 36.6 Å². The maximum absolute atomic E-state index is 12.5. The van der Waals surface area contributed by atoms with Gasteiger partial charge in [0.15, 0.2) is 0 Å². The van der Waals surface area contributed by atoms with E-state index in [1.54, 1.807) is 17.5 Å². The lowest BCUT2D eigenvalue weighted by Crippen LogP contribution is -2.39. The molecule has 1 aliphatic rings. The summed E-state index contributed by atoms with van der Waals surface area (Å²) in [5.41, 5.74) is 1.61. The fourth-order valence-corrected chi connectivity index (χ4v) is 3.34. The number of hydrogen-bond acceptors (Lipinski definition) is 4. The second kappa shape index (κ2) is 5.71. The molecule has 0 aliphatic carbocycles. The predicted octanol–water partition coefficient (Wildman–Crippen LogP) is 2.87. The van der Waals surface area contributed by atoms with E-state index in [-0.39, 0.29) is 5.91 Å². The lowest BCUT2D eigenvalue weighted by Gasteiger charge is -2.31.